The zero-order chi connectivity index (χ0) is 6.57. The zero-order valence-corrected chi connectivity index (χ0v) is 6.07. The molecule has 0 amide bonds. The Labute approximate surface area is 55.9 Å². The highest BCUT2D eigenvalue weighted by Gasteiger charge is 1.81. The van der Waals surface area contributed by atoms with E-state index < -0.39 is 0 Å². The van der Waals surface area contributed by atoms with E-state index in [4.69, 9.17) is 11.6 Å². The normalized spacial score (nSPS) is 11.0. The van der Waals surface area contributed by atoms with Gasteiger partial charge in [-0.05, 0) is 12.0 Å². The molecule has 0 saturated heterocycles. The standard InChI is InChI=1S/C7H11Cl/c1-6(2)4-5-7(3)8/h4-6H,3H2,1-2H3. The van der Waals surface area contributed by atoms with Gasteiger partial charge in [-0.3, -0.25) is 0 Å². The average molecular weight is 131 g/mol. The summed E-state index contributed by atoms with van der Waals surface area (Å²) in [5.41, 5.74) is 0. The van der Waals surface area contributed by atoms with Gasteiger partial charge in [-0.15, -0.1) is 0 Å². The van der Waals surface area contributed by atoms with Crippen molar-refractivity contribution in [3.63, 3.8) is 0 Å². The van der Waals surface area contributed by atoms with Crippen LogP contribution in [0.15, 0.2) is 23.8 Å². The van der Waals surface area contributed by atoms with Crippen LogP contribution in [0, 0.1) is 5.92 Å². The molecule has 46 valence electrons. The van der Waals surface area contributed by atoms with Gasteiger partial charge in [0, 0.05) is 5.03 Å². The van der Waals surface area contributed by atoms with Gasteiger partial charge in [-0.2, -0.15) is 0 Å². The van der Waals surface area contributed by atoms with E-state index in [0.29, 0.717) is 11.0 Å². The molecule has 0 rings (SSSR count). The number of rotatable bonds is 2. The van der Waals surface area contributed by atoms with Crippen molar-refractivity contribution in [1.82, 2.24) is 0 Å². The maximum absolute atomic E-state index is 5.44. The summed E-state index contributed by atoms with van der Waals surface area (Å²) in [6, 6.07) is 0. The molecule has 0 N–H and O–H groups in total. The third-order valence-electron chi connectivity index (χ3n) is 0.662. The Morgan fingerprint density at radius 3 is 2.25 bits per heavy atom. The van der Waals surface area contributed by atoms with Crippen LogP contribution in [0.1, 0.15) is 13.8 Å². The van der Waals surface area contributed by atoms with Crippen molar-refractivity contribution in [2.45, 2.75) is 13.8 Å². The monoisotopic (exact) mass is 130 g/mol. The number of allylic oxidation sites excluding steroid dienone is 3. The Kier molecular flexibility index (Phi) is 3.63. The summed E-state index contributed by atoms with van der Waals surface area (Å²) in [5.74, 6) is 0.561. The molecule has 0 aromatic heterocycles. The molecule has 1 heteroatoms. The van der Waals surface area contributed by atoms with Gasteiger partial charge >= 0.3 is 0 Å². The van der Waals surface area contributed by atoms with Crippen molar-refractivity contribution in [2.75, 3.05) is 0 Å². The summed E-state index contributed by atoms with van der Waals surface area (Å²) < 4.78 is 0. The van der Waals surface area contributed by atoms with Gasteiger partial charge in [0.25, 0.3) is 0 Å². The first-order valence-corrected chi connectivity index (χ1v) is 3.03. The maximum atomic E-state index is 5.44. The van der Waals surface area contributed by atoms with Gasteiger partial charge in [0.05, 0.1) is 0 Å². The minimum atomic E-state index is 0.561. The largest absolute Gasteiger partial charge is 0.0850 e. The third-order valence-corrected chi connectivity index (χ3v) is 0.788. The van der Waals surface area contributed by atoms with Crippen LogP contribution in [0.25, 0.3) is 0 Å². The lowest BCUT2D eigenvalue weighted by atomic mass is 10.2. The van der Waals surface area contributed by atoms with Gasteiger partial charge < -0.3 is 0 Å². The average Bonchev–Trinajstić information content (AvgIpc) is 1.61. The minimum Gasteiger partial charge on any atom is -0.0850 e. The first kappa shape index (κ1) is 7.77. The van der Waals surface area contributed by atoms with Crippen LogP contribution in [0.2, 0.25) is 0 Å². The Morgan fingerprint density at radius 2 is 2.12 bits per heavy atom. The Morgan fingerprint density at radius 1 is 1.62 bits per heavy atom. The number of hydrogen-bond donors (Lipinski definition) is 0. The van der Waals surface area contributed by atoms with E-state index in [0.717, 1.165) is 0 Å². The fraction of sp³-hybridized carbons (Fsp3) is 0.429. The highest BCUT2D eigenvalue weighted by Crippen LogP contribution is 2.01. The van der Waals surface area contributed by atoms with E-state index >= 15 is 0 Å². The molecule has 8 heavy (non-hydrogen) atoms. The van der Waals surface area contributed by atoms with E-state index in [2.05, 4.69) is 20.4 Å². The van der Waals surface area contributed by atoms with Crippen molar-refractivity contribution in [2.24, 2.45) is 5.92 Å². The summed E-state index contributed by atoms with van der Waals surface area (Å²) in [5, 5.41) is 0.596. The van der Waals surface area contributed by atoms with Crippen LogP contribution in [0.5, 0.6) is 0 Å². The fourth-order valence-corrected chi connectivity index (χ4v) is 0.370. The molecule has 0 heterocycles. The summed E-state index contributed by atoms with van der Waals surface area (Å²) in [6.45, 7) is 7.69. The topological polar surface area (TPSA) is 0 Å². The van der Waals surface area contributed by atoms with Gasteiger partial charge in [0.2, 0.25) is 0 Å². The highest BCUT2D eigenvalue weighted by molar-refractivity contribution is 6.30. The van der Waals surface area contributed by atoms with Crippen LogP contribution < -0.4 is 0 Å². The van der Waals surface area contributed by atoms with E-state index in [-0.39, 0.29) is 0 Å². The molecule has 0 bridgehead atoms. The molecule has 0 saturated carbocycles. The summed E-state index contributed by atoms with van der Waals surface area (Å²) in [6.07, 6.45) is 3.82. The first-order chi connectivity index (χ1) is 3.63. The van der Waals surface area contributed by atoms with E-state index in [1.165, 1.54) is 0 Å². The van der Waals surface area contributed by atoms with Crippen LogP contribution in [0.3, 0.4) is 0 Å². The Balaban J connectivity index is 3.50. The lowest BCUT2D eigenvalue weighted by molar-refractivity contribution is 0.831. The van der Waals surface area contributed by atoms with Gasteiger partial charge in [-0.25, -0.2) is 0 Å². The van der Waals surface area contributed by atoms with Crippen LogP contribution >= 0.6 is 11.6 Å². The van der Waals surface area contributed by atoms with Crippen molar-refractivity contribution in [1.29, 1.82) is 0 Å². The molecule has 0 radical (unpaired) electrons. The molecule has 0 aliphatic rings. The molecule has 0 nitrogen and oxygen atoms in total. The van der Waals surface area contributed by atoms with Crippen LogP contribution in [-0.4, -0.2) is 0 Å². The molecule has 0 aliphatic heterocycles. The molecule has 0 fully saturated rings. The van der Waals surface area contributed by atoms with E-state index in [9.17, 15) is 0 Å². The Bertz CT molecular complexity index is 101. The van der Waals surface area contributed by atoms with E-state index in [1.54, 1.807) is 0 Å². The van der Waals surface area contributed by atoms with E-state index in [1.807, 2.05) is 12.2 Å². The minimum absolute atomic E-state index is 0.561. The first-order valence-electron chi connectivity index (χ1n) is 2.65. The molecule has 0 aromatic carbocycles. The highest BCUT2D eigenvalue weighted by atomic mass is 35.5. The molecule has 0 aliphatic carbocycles. The SMILES string of the molecule is C=C(Cl)C=CC(C)C. The van der Waals surface area contributed by atoms with Crippen molar-refractivity contribution in [3.05, 3.63) is 23.8 Å². The second-order valence-electron chi connectivity index (χ2n) is 2.05. The predicted octanol–water partition coefficient (Wildman–Crippen LogP) is 2.95. The molecule has 0 unspecified atom stereocenters. The third kappa shape index (κ3) is 5.77. The second kappa shape index (κ2) is 3.73. The molecule has 0 aromatic rings. The lowest BCUT2D eigenvalue weighted by Gasteiger charge is -1.90. The summed E-state index contributed by atoms with van der Waals surface area (Å²) >= 11 is 5.44. The smallest absolute Gasteiger partial charge is 0.0331 e. The van der Waals surface area contributed by atoms with Gasteiger partial charge in [-0.1, -0.05) is 38.1 Å². The quantitative estimate of drug-likeness (QED) is 0.505. The number of hydrogen-bond acceptors (Lipinski definition) is 0. The fourth-order valence-electron chi connectivity index (χ4n) is 0.297. The summed E-state index contributed by atoms with van der Waals surface area (Å²) in [4.78, 5) is 0. The van der Waals surface area contributed by atoms with Crippen molar-refractivity contribution in [3.8, 4) is 0 Å². The summed E-state index contributed by atoms with van der Waals surface area (Å²) in [7, 11) is 0. The van der Waals surface area contributed by atoms with Gasteiger partial charge in [0.1, 0.15) is 0 Å². The maximum Gasteiger partial charge on any atom is 0.0331 e. The van der Waals surface area contributed by atoms with Gasteiger partial charge in [0.15, 0.2) is 0 Å². The zero-order valence-electron chi connectivity index (χ0n) is 5.32. The molecule has 0 spiro atoms. The van der Waals surface area contributed by atoms with Crippen LogP contribution in [-0.2, 0) is 0 Å². The molecular formula is C7H11Cl. The number of halogens is 1. The molecule has 0 atom stereocenters. The van der Waals surface area contributed by atoms with Crippen LogP contribution in [0.4, 0.5) is 0 Å². The van der Waals surface area contributed by atoms with Crippen molar-refractivity contribution >= 4 is 11.6 Å². The Hall–Kier alpha value is -0.230. The second-order valence-corrected chi connectivity index (χ2v) is 2.54. The molecular weight excluding hydrogens is 120 g/mol. The predicted molar refractivity (Wildman–Crippen MR) is 39.0 cm³/mol. The van der Waals surface area contributed by atoms with Crippen molar-refractivity contribution < 1.29 is 0 Å². The lowest BCUT2D eigenvalue weighted by Crippen LogP contribution is -1.75.